The van der Waals surface area contributed by atoms with Gasteiger partial charge in [-0.15, -0.1) is 0 Å². The van der Waals surface area contributed by atoms with Gasteiger partial charge in [0.05, 0.1) is 25.5 Å². The molecule has 0 aliphatic carbocycles. The lowest BCUT2D eigenvalue weighted by atomic mass is 10.2. The Kier molecular flexibility index (Phi) is 5.85. The molecule has 1 fully saturated rings. The quantitative estimate of drug-likeness (QED) is 0.829. The van der Waals surface area contributed by atoms with E-state index in [1.807, 2.05) is 54.3 Å². The first-order chi connectivity index (χ1) is 11.7. The fourth-order valence-electron chi connectivity index (χ4n) is 2.89. The Hall–Kier alpha value is -1.89. The summed E-state index contributed by atoms with van der Waals surface area (Å²) in [7, 11) is 0. The lowest BCUT2D eigenvalue weighted by Gasteiger charge is -2.33. The Morgan fingerprint density at radius 2 is 2.21 bits per heavy atom. The molecule has 0 bridgehead atoms. The maximum atomic E-state index is 10.2. The molecular formula is C18H25N3O3. The van der Waals surface area contributed by atoms with Crippen LogP contribution in [0, 0.1) is 6.92 Å². The molecule has 2 aromatic rings. The molecule has 1 saturated heterocycles. The van der Waals surface area contributed by atoms with Crippen molar-refractivity contribution in [1.29, 1.82) is 0 Å². The molecule has 0 amide bonds. The minimum Gasteiger partial charge on any atom is -0.491 e. The van der Waals surface area contributed by atoms with Gasteiger partial charge in [0, 0.05) is 25.8 Å². The van der Waals surface area contributed by atoms with E-state index >= 15 is 0 Å². The number of hydrogen-bond acceptors (Lipinski definition) is 5. The first kappa shape index (κ1) is 17.0. The number of aromatic nitrogens is 2. The van der Waals surface area contributed by atoms with Crippen LogP contribution in [0.1, 0.15) is 5.56 Å². The molecule has 6 nitrogen and oxygen atoms in total. The van der Waals surface area contributed by atoms with Crippen molar-refractivity contribution in [2.75, 3.05) is 32.8 Å². The zero-order chi connectivity index (χ0) is 16.8. The number of morpholine rings is 1. The van der Waals surface area contributed by atoms with Gasteiger partial charge in [0.25, 0.3) is 0 Å². The van der Waals surface area contributed by atoms with Crippen molar-refractivity contribution < 1.29 is 14.6 Å². The lowest BCUT2D eigenvalue weighted by molar-refractivity contribution is -0.0517. The monoisotopic (exact) mass is 331 g/mol. The summed E-state index contributed by atoms with van der Waals surface area (Å²) in [6.45, 7) is 5.95. The molecule has 1 aromatic heterocycles. The van der Waals surface area contributed by atoms with E-state index in [0.29, 0.717) is 19.8 Å². The largest absolute Gasteiger partial charge is 0.491 e. The summed E-state index contributed by atoms with van der Waals surface area (Å²) in [5.74, 6) is 0.783. The van der Waals surface area contributed by atoms with Gasteiger partial charge in [0.2, 0.25) is 0 Å². The average molecular weight is 331 g/mol. The predicted molar refractivity (Wildman–Crippen MR) is 91.1 cm³/mol. The third kappa shape index (κ3) is 5.06. The highest BCUT2D eigenvalue weighted by molar-refractivity contribution is 5.20. The van der Waals surface area contributed by atoms with E-state index in [-0.39, 0.29) is 6.10 Å². The van der Waals surface area contributed by atoms with Crippen LogP contribution >= 0.6 is 0 Å². The number of aliphatic hydroxyl groups is 1. The van der Waals surface area contributed by atoms with E-state index in [1.165, 1.54) is 0 Å². The van der Waals surface area contributed by atoms with Crippen molar-refractivity contribution in [3.8, 4) is 5.75 Å². The van der Waals surface area contributed by atoms with Gasteiger partial charge in [0.1, 0.15) is 18.5 Å². The Labute approximate surface area is 142 Å². The van der Waals surface area contributed by atoms with Gasteiger partial charge >= 0.3 is 0 Å². The van der Waals surface area contributed by atoms with Crippen molar-refractivity contribution in [1.82, 2.24) is 14.7 Å². The number of rotatable bonds is 7. The van der Waals surface area contributed by atoms with E-state index in [9.17, 15) is 5.11 Å². The number of hydrogen-bond donors (Lipinski definition) is 1. The van der Waals surface area contributed by atoms with Crippen LogP contribution in [-0.2, 0) is 11.3 Å². The van der Waals surface area contributed by atoms with Gasteiger partial charge < -0.3 is 14.6 Å². The van der Waals surface area contributed by atoms with Gasteiger partial charge in [-0.3, -0.25) is 9.58 Å². The van der Waals surface area contributed by atoms with Crippen molar-refractivity contribution >= 4 is 0 Å². The summed E-state index contributed by atoms with van der Waals surface area (Å²) in [6, 6.07) is 9.57. The Balaban J connectivity index is 1.42. The van der Waals surface area contributed by atoms with Crippen LogP contribution in [0.4, 0.5) is 0 Å². The molecular weight excluding hydrogens is 306 g/mol. The van der Waals surface area contributed by atoms with Gasteiger partial charge in [0.15, 0.2) is 0 Å². The second kappa shape index (κ2) is 8.28. The van der Waals surface area contributed by atoms with Crippen LogP contribution in [-0.4, -0.2) is 64.8 Å². The van der Waals surface area contributed by atoms with Gasteiger partial charge in [-0.25, -0.2) is 0 Å². The number of aliphatic hydroxyl groups excluding tert-OH is 1. The molecule has 24 heavy (non-hydrogen) atoms. The number of nitrogens with zero attached hydrogens (tertiary/aromatic N) is 3. The van der Waals surface area contributed by atoms with Gasteiger partial charge in [-0.05, 0) is 24.6 Å². The molecule has 0 saturated carbocycles. The molecule has 130 valence electrons. The molecule has 2 heterocycles. The SMILES string of the molecule is Cc1cnn(C[C@H]2CN(C[C@@H](O)COc3ccccc3)CCO2)c1. The third-order valence-corrected chi connectivity index (χ3v) is 4.03. The molecule has 1 aliphatic rings. The Morgan fingerprint density at radius 3 is 2.96 bits per heavy atom. The molecule has 0 unspecified atom stereocenters. The predicted octanol–water partition coefficient (Wildman–Crippen LogP) is 1.33. The van der Waals surface area contributed by atoms with E-state index in [1.54, 1.807) is 0 Å². The zero-order valence-electron chi connectivity index (χ0n) is 14.0. The van der Waals surface area contributed by atoms with Crippen LogP contribution in [0.5, 0.6) is 5.75 Å². The van der Waals surface area contributed by atoms with Crippen LogP contribution in [0.15, 0.2) is 42.7 Å². The number of benzene rings is 1. The summed E-state index contributed by atoms with van der Waals surface area (Å²) in [4.78, 5) is 2.23. The lowest BCUT2D eigenvalue weighted by Crippen LogP contribution is -2.47. The topological polar surface area (TPSA) is 59.8 Å². The standard InChI is InChI=1S/C18H25N3O3/c1-15-9-19-21(10-15)13-18-12-20(7-8-23-18)11-16(22)14-24-17-5-3-2-4-6-17/h2-6,9-10,16,18,22H,7-8,11-14H2,1H3/t16-,18-/m1/s1. The summed E-state index contributed by atoms with van der Waals surface area (Å²) < 4.78 is 13.3. The molecule has 1 N–H and O–H groups in total. The molecule has 6 heteroatoms. The van der Waals surface area contributed by atoms with Crippen molar-refractivity contribution in [3.05, 3.63) is 48.3 Å². The Morgan fingerprint density at radius 1 is 1.38 bits per heavy atom. The van der Waals surface area contributed by atoms with Gasteiger partial charge in [-0.2, -0.15) is 5.10 Å². The van der Waals surface area contributed by atoms with Crippen LogP contribution in [0.3, 0.4) is 0 Å². The highest BCUT2D eigenvalue weighted by Gasteiger charge is 2.23. The van der Waals surface area contributed by atoms with E-state index in [0.717, 1.165) is 30.9 Å². The smallest absolute Gasteiger partial charge is 0.119 e. The number of para-hydroxylation sites is 1. The fourth-order valence-corrected chi connectivity index (χ4v) is 2.89. The normalized spacial score (nSPS) is 20.0. The maximum Gasteiger partial charge on any atom is 0.119 e. The van der Waals surface area contributed by atoms with E-state index in [2.05, 4.69) is 10.00 Å². The number of ether oxygens (including phenoxy) is 2. The second-order valence-corrected chi connectivity index (χ2v) is 6.27. The highest BCUT2D eigenvalue weighted by Crippen LogP contribution is 2.11. The third-order valence-electron chi connectivity index (χ3n) is 4.03. The van der Waals surface area contributed by atoms with Gasteiger partial charge in [-0.1, -0.05) is 18.2 Å². The van der Waals surface area contributed by atoms with Crippen molar-refractivity contribution in [2.45, 2.75) is 25.7 Å². The van der Waals surface area contributed by atoms with Crippen LogP contribution < -0.4 is 4.74 Å². The maximum absolute atomic E-state index is 10.2. The summed E-state index contributed by atoms with van der Waals surface area (Å²) >= 11 is 0. The van der Waals surface area contributed by atoms with E-state index < -0.39 is 6.10 Å². The summed E-state index contributed by atoms with van der Waals surface area (Å²) in [5.41, 5.74) is 1.15. The molecule has 1 aromatic carbocycles. The molecule has 0 spiro atoms. The van der Waals surface area contributed by atoms with Crippen molar-refractivity contribution in [3.63, 3.8) is 0 Å². The zero-order valence-corrected chi connectivity index (χ0v) is 14.0. The minimum absolute atomic E-state index is 0.0975. The molecule has 0 radical (unpaired) electrons. The molecule has 3 rings (SSSR count). The first-order valence-electron chi connectivity index (χ1n) is 8.38. The fraction of sp³-hybridized carbons (Fsp3) is 0.500. The molecule has 2 atom stereocenters. The summed E-state index contributed by atoms with van der Waals surface area (Å²) in [6.07, 6.45) is 3.45. The Bertz CT molecular complexity index is 617. The molecule has 1 aliphatic heterocycles. The van der Waals surface area contributed by atoms with Crippen LogP contribution in [0.25, 0.3) is 0 Å². The highest BCUT2D eigenvalue weighted by atomic mass is 16.5. The number of β-amino-alcohol motifs (C(OH)–C–C–N with tert-alkyl or cyclic N) is 1. The summed E-state index contributed by atoms with van der Waals surface area (Å²) in [5, 5.41) is 14.5. The second-order valence-electron chi connectivity index (χ2n) is 6.27. The first-order valence-corrected chi connectivity index (χ1v) is 8.38. The number of aryl methyl sites for hydroxylation is 1. The van der Waals surface area contributed by atoms with Crippen LogP contribution in [0.2, 0.25) is 0 Å². The van der Waals surface area contributed by atoms with Crippen molar-refractivity contribution in [2.24, 2.45) is 0 Å². The average Bonchev–Trinajstić information content (AvgIpc) is 2.99. The minimum atomic E-state index is -0.518. The van der Waals surface area contributed by atoms with E-state index in [4.69, 9.17) is 9.47 Å².